The molecule has 1 aromatic carbocycles. The third-order valence-electron chi connectivity index (χ3n) is 8.37. The maximum absolute atomic E-state index is 14.4. The summed E-state index contributed by atoms with van der Waals surface area (Å²) < 4.78 is 12.9. The molecule has 5 rings (SSSR count). The molecule has 0 aliphatic carbocycles. The molecule has 2 aliphatic heterocycles. The fraction of sp³-hybridized carbons (Fsp3) is 0.433. The van der Waals surface area contributed by atoms with Gasteiger partial charge in [0.05, 0.1) is 53.1 Å². The fourth-order valence-corrected chi connectivity index (χ4v) is 6.56. The van der Waals surface area contributed by atoms with E-state index in [0.717, 1.165) is 0 Å². The second-order valence-corrected chi connectivity index (χ2v) is 12.8. The zero-order valence-corrected chi connectivity index (χ0v) is 28.9. The summed E-state index contributed by atoms with van der Waals surface area (Å²) in [5.74, 6) is 0.935. The second-order valence-electron chi connectivity index (χ2n) is 12.1. The van der Waals surface area contributed by atoms with Crippen molar-refractivity contribution in [3.63, 3.8) is 0 Å². The van der Waals surface area contributed by atoms with Crippen LogP contribution in [0.5, 0.6) is 11.5 Å². The molecule has 4 heterocycles. The van der Waals surface area contributed by atoms with Crippen LogP contribution in [0.4, 0.5) is 28.1 Å². The minimum Gasteiger partial charge on any atom is -0.495 e. The number of rotatable bonds is 11. The number of halogens is 2. The summed E-state index contributed by atoms with van der Waals surface area (Å²) in [6.45, 7) is 1.52. The Morgan fingerprint density at radius 1 is 1.21 bits per heavy atom. The molecule has 1 N–H and O–H groups in total. The number of fused-ring (bicyclic) bond motifs is 1. The third kappa shape index (κ3) is 6.68. The summed E-state index contributed by atoms with van der Waals surface area (Å²) in [5.41, 5.74) is 1.37. The number of benzene rings is 1. The molecule has 1 saturated heterocycles. The molecule has 2 aliphatic rings. The Morgan fingerprint density at radius 3 is 2.52 bits per heavy atom. The predicted octanol–water partition coefficient (Wildman–Crippen LogP) is 3.86. The first kappa shape index (κ1) is 34.7. The third-order valence-corrected chi connectivity index (χ3v) is 9.10. The van der Waals surface area contributed by atoms with Gasteiger partial charge >= 0.3 is 11.8 Å². The molecular formula is C30H37Cl2N10O6+. The van der Waals surface area contributed by atoms with Crippen LogP contribution in [0, 0.1) is 10.1 Å². The number of nitrogens with one attached hydrogen (secondary N) is 1. The van der Waals surface area contributed by atoms with E-state index < -0.39 is 17.0 Å². The van der Waals surface area contributed by atoms with Crippen LogP contribution in [0.2, 0.25) is 10.0 Å². The smallest absolute Gasteiger partial charge is 0.390 e. The summed E-state index contributed by atoms with van der Waals surface area (Å²) in [5, 5.41) is 14.6. The van der Waals surface area contributed by atoms with Gasteiger partial charge in [-0.3, -0.25) is 14.6 Å². The van der Waals surface area contributed by atoms with E-state index >= 15 is 0 Å². The zero-order chi connectivity index (χ0) is 34.9. The summed E-state index contributed by atoms with van der Waals surface area (Å²) in [6.07, 6.45) is 6.81. The highest BCUT2D eigenvalue weighted by Gasteiger charge is 2.42. The number of likely N-dealkylation sites (N-methyl/N-ethyl adjacent to an activating group) is 1. The molecule has 1 atom stereocenters. The number of aryl methyl sites for hydroxylation is 1. The lowest BCUT2D eigenvalue weighted by molar-refractivity contribution is -0.898. The number of urea groups is 1. The SMILES string of the molecule is CNc1ncc2c(n1)N(C1CCN(C(=O)C=CC[N+](C)(C)Cc3c([N+](=O)[O-])ncn3C)C1)C(=O)N(c1c(Cl)c(OC)cc(OC)c1Cl)C2. The molecule has 2 aromatic heterocycles. The Kier molecular flexibility index (Phi) is 9.98. The van der Waals surface area contributed by atoms with Crippen molar-refractivity contribution in [1.29, 1.82) is 0 Å². The number of amides is 3. The van der Waals surface area contributed by atoms with Gasteiger partial charge in [0.25, 0.3) is 0 Å². The van der Waals surface area contributed by atoms with Crippen LogP contribution in [0.1, 0.15) is 17.7 Å². The Hall–Kier alpha value is -4.67. The van der Waals surface area contributed by atoms with Gasteiger partial charge in [-0.05, 0) is 22.4 Å². The van der Waals surface area contributed by atoms with Crippen molar-refractivity contribution in [2.45, 2.75) is 25.6 Å². The highest BCUT2D eigenvalue weighted by atomic mass is 35.5. The number of carbonyl (C=O) groups excluding carboxylic acids is 2. The largest absolute Gasteiger partial charge is 0.495 e. The van der Waals surface area contributed by atoms with Crippen LogP contribution < -0.4 is 24.6 Å². The van der Waals surface area contributed by atoms with Gasteiger partial charge in [-0.1, -0.05) is 23.2 Å². The van der Waals surface area contributed by atoms with E-state index in [1.165, 1.54) is 31.5 Å². The average Bonchev–Trinajstić information content (AvgIpc) is 3.68. The molecule has 0 spiro atoms. The van der Waals surface area contributed by atoms with Gasteiger partial charge in [-0.25, -0.2) is 9.78 Å². The van der Waals surface area contributed by atoms with Crippen LogP contribution >= 0.6 is 23.2 Å². The molecule has 0 radical (unpaired) electrons. The lowest BCUT2D eigenvalue weighted by Crippen LogP contribution is -2.53. The van der Waals surface area contributed by atoms with Crippen LogP contribution in [0.3, 0.4) is 0 Å². The zero-order valence-electron chi connectivity index (χ0n) is 27.4. The van der Waals surface area contributed by atoms with Crippen molar-refractivity contribution >= 4 is 58.4 Å². The number of hydrogen-bond acceptors (Lipinski definition) is 10. The average molecular weight is 705 g/mol. The fourth-order valence-electron chi connectivity index (χ4n) is 5.86. The number of imidazole rings is 1. The standard InChI is InChI=1S/C30H37Cl2N10O6/c1-33-29-34-13-18-14-39(26-24(31)21(47-5)12-22(48-6)25(26)32)30(44)40(27(18)36-29)19-9-10-38(15-19)23(43)8-7-11-42(3,4)16-20-28(41(45)46)35-17-37(20)2/h7-8,12-13,17,19H,9-11,14-16H2,1-6H3,(H,33,34,36)/q+1. The maximum Gasteiger partial charge on any atom is 0.390 e. The molecule has 1 fully saturated rings. The Balaban J connectivity index is 1.36. The van der Waals surface area contributed by atoms with Crippen molar-refractivity contribution < 1.29 is 28.5 Å². The normalized spacial score (nSPS) is 16.5. The van der Waals surface area contributed by atoms with E-state index in [9.17, 15) is 19.7 Å². The van der Waals surface area contributed by atoms with Crippen LogP contribution in [-0.4, -0.2) is 107 Å². The van der Waals surface area contributed by atoms with E-state index in [4.69, 9.17) is 32.7 Å². The van der Waals surface area contributed by atoms with E-state index in [-0.39, 0.29) is 52.0 Å². The number of likely N-dealkylation sites (tertiary alicyclic amines) is 1. The van der Waals surface area contributed by atoms with Gasteiger partial charge in [-0.15, -0.1) is 0 Å². The van der Waals surface area contributed by atoms with Gasteiger partial charge in [0.2, 0.25) is 18.2 Å². The highest BCUT2D eigenvalue weighted by Crippen LogP contribution is 2.48. The topological polar surface area (TPSA) is 161 Å². The number of aromatic nitrogens is 4. The van der Waals surface area contributed by atoms with Crippen molar-refractivity contribution in [3.05, 3.63) is 62.2 Å². The lowest BCUT2D eigenvalue weighted by atomic mass is 10.1. The molecule has 48 heavy (non-hydrogen) atoms. The van der Waals surface area contributed by atoms with Gasteiger partial charge < -0.3 is 38.9 Å². The van der Waals surface area contributed by atoms with Crippen molar-refractivity contribution in [3.8, 4) is 11.5 Å². The maximum atomic E-state index is 14.4. The summed E-state index contributed by atoms with van der Waals surface area (Å²) in [7, 11) is 10.1. The number of ether oxygens (including phenoxy) is 2. The number of methoxy groups -OCH3 is 2. The van der Waals surface area contributed by atoms with Gasteiger partial charge in [0.1, 0.15) is 33.9 Å². The lowest BCUT2D eigenvalue weighted by Gasteiger charge is -2.39. The highest BCUT2D eigenvalue weighted by molar-refractivity contribution is 6.42. The molecule has 16 nitrogen and oxygen atoms in total. The minimum atomic E-state index is -0.495. The molecule has 1 unspecified atom stereocenters. The summed E-state index contributed by atoms with van der Waals surface area (Å²) in [6, 6.07) is 0.701. The Labute approximate surface area is 287 Å². The second kappa shape index (κ2) is 13.8. The van der Waals surface area contributed by atoms with Crippen molar-refractivity contribution in [1.82, 2.24) is 24.4 Å². The molecule has 18 heteroatoms. The molecule has 0 saturated carbocycles. The predicted molar refractivity (Wildman–Crippen MR) is 180 cm³/mol. The quantitative estimate of drug-likeness (QED) is 0.134. The Bertz CT molecular complexity index is 1750. The first-order valence-corrected chi connectivity index (χ1v) is 15.7. The number of nitrogens with zero attached hydrogens (tertiary/aromatic N) is 9. The Morgan fingerprint density at radius 2 is 1.90 bits per heavy atom. The van der Waals surface area contributed by atoms with Crippen LogP contribution in [0.25, 0.3) is 0 Å². The van der Waals surface area contributed by atoms with E-state index in [0.29, 0.717) is 53.6 Å². The van der Waals surface area contributed by atoms with Crippen molar-refractivity contribution in [2.24, 2.45) is 7.05 Å². The van der Waals surface area contributed by atoms with Crippen LogP contribution in [0.15, 0.2) is 30.7 Å². The summed E-state index contributed by atoms with van der Waals surface area (Å²) in [4.78, 5) is 56.2. The first-order valence-electron chi connectivity index (χ1n) is 15.0. The number of quaternary nitrogens is 1. The van der Waals surface area contributed by atoms with Crippen molar-refractivity contribution in [2.75, 3.05) is 70.1 Å². The van der Waals surface area contributed by atoms with Gasteiger partial charge in [0.15, 0.2) is 5.69 Å². The monoisotopic (exact) mass is 703 g/mol. The minimum absolute atomic E-state index is 0.0819. The summed E-state index contributed by atoms with van der Waals surface area (Å²) >= 11 is 13.4. The van der Waals surface area contributed by atoms with Gasteiger partial charge in [0, 0.05) is 51.1 Å². The van der Waals surface area contributed by atoms with E-state index in [2.05, 4.69) is 20.3 Å². The molecule has 256 valence electrons. The molecular weight excluding hydrogens is 667 g/mol. The number of anilines is 3. The van der Waals surface area contributed by atoms with E-state index in [1.807, 2.05) is 14.1 Å². The van der Waals surface area contributed by atoms with E-state index in [1.54, 1.807) is 46.8 Å². The number of carbonyl (C=O) groups is 2. The molecule has 3 amide bonds. The van der Waals surface area contributed by atoms with Crippen LogP contribution in [-0.2, 0) is 24.9 Å². The number of nitro groups is 1. The molecule has 3 aromatic rings. The number of hydrogen-bond donors (Lipinski definition) is 1. The molecule has 0 bridgehead atoms. The first-order chi connectivity index (χ1) is 22.8. The van der Waals surface area contributed by atoms with Gasteiger partial charge in [-0.2, -0.15) is 4.98 Å².